The van der Waals surface area contributed by atoms with Crippen LogP contribution in [0.3, 0.4) is 0 Å². The van der Waals surface area contributed by atoms with Crippen molar-refractivity contribution in [2.75, 3.05) is 0 Å². The van der Waals surface area contributed by atoms with Crippen LogP contribution in [-0.2, 0) is 60.6 Å². The first-order chi connectivity index (χ1) is 37.1. The molecule has 9 heterocycles. The molecule has 0 atom stereocenters. The summed E-state index contributed by atoms with van der Waals surface area (Å²) in [6.07, 6.45) is 8.83. The van der Waals surface area contributed by atoms with Gasteiger partial charge in [0.2, 0.25) is 0 Å². The number of rotatable bonds is 4. The van der Waals surface area contributed by atoms with E-state index in [0.29, 0.717) is 0 Å². The second-order valence-electron chi connectivity index (χ2n) is 20.7. The summed E-state index contributed by atoms with van der Waals surface area (Å²) in [6.45, 7) is 20.0. The zero-order valence-corrected chi connectivity index (χ0v) is 50.7. The van der Waals surface area contributed by atoms with Crippen LogP contribution in [0.25, 0.3) is 60.9 Å². The van der Waals surface area contributed by atoms with Crippen molar-refractivity contribution >= 4 is 55.2 Å². The van der Waals surface area contributed by atoms with Crippen molar-refractivity contribution in [3.05, 3.63) is 240 Å². The first kappa shape index (κ1) is 57.4. The molecule has 2 aliphatic rings. The van der Waals surface area contributed by atoms with E-state index in [1.165, 1.54) is 74.2 Å². The molecule has 0 saturated heterocycles. The summed E-state index contributed by atoms with van der Waals surface area (Å²) in [7, 11) is 0. The summed E-state index contributed by atoms with van der Waals surface area (Å²) in [5.74, 6) is 1.98. The topological polar surface area (TPSA) is 109 Å². The van der Waals surface area contributed by atoms with Gasteiger partial charge in [0.1, 0.15) is 28.9 Å². The summed E-state index contributed by atoms with van der Waals surface area (Å²) in [5.41, 5.74) is 15.4. The van der Waals surface area contributed by atoms with Crippen molar-refractivity contribution in [2.24, 2.45) is 0 Å². The number of aromatic nitrogens is 9. The fourth-order valence-electron chi connectivity index (χ4n) is 10.9. The minimum absolute atomic E-state index is 0. The summed E-state index contributed by atoms with van der Waals surface area (Å²) in [6, 6.07) is 60.8. The fraction of sp³-hybridized carbons (Fsp3) is 0.197. The molecule has 5 aromatic carbocycles. The van der Waals surface area contributed by atoms with Crippen LogP contribution in [0.2, 0.25) is 0 Å². The molecule has 0 fully saturated rings. The number of Topliss-reactive ketones (excluding diaryl/α,β-unsaturated/α-hetero) is 2. The van der Waals surface area contributed by atoms with E-state index < -0.39 is 0 Å². The van der Waals surface area contributed by atoms with Crippen molar-refractivity contribution in [2.45, 2.75) is 86.5 Å². The average Bonchev–Trinajstić information content (AvgIpc) is 4.40. The molecule has 2 radical (unpaired) electrons. The molecule has 79 heavy (non-hydrogen) atoms. The van der Waals surface area contributed by atoms with Crippen LogP contribution in [0.5, 0.6) is 0 Å². The van der Waals surface area contributed by atoms with Gasteiger partial charge in [0.15, 0.2) is 5.69 Å². The number of hydrogen-bond acceptors (Lipinski definition) is 6. The van der Waals surface area contributed by atoms with E-state index in [1.807, 2.05) is 127 Å². The van der Waals surface area contributed by atoms with Crippen LogP contribution >= 0.6 is 0 Å². The van der Waals surface area contributed by atoms with Crippen LogP contribution < -0.4 is 4.68 Å². The molecule has 0 aliphatic carbocycles. The molecule has 0 saturated carbocycles. The van der Waals surface area contributed by atoms with Gasteiger partial charge in [-0.3, -0.25) is 18.8 Å². The number of carbonyl (C=O) groups is 2. The number of nitrogens with zero attached hydrogens (tertiary/aromatic N) is 9. The Morgan fingerprint density at radius 3 is 1.62 bits per heavy atom. The van der Waals surface area contributed by atoms with Crippen LogP contribution in [0, 0.1) is 46.0 Å². The van der Waals surface area contributed by atoms with Crippen LogP contribution in [0.1, 0.15) is 93.0 Å². The van der Waals surface area contributed by atoms with Crippen LogP contribution in [0.15, 0.2) is 176 Å². The van der Waals surface area contributed by atoms with E-state index in [9.17, 15) is 9.59 Å². The van der Waals surface area contributed by atoms with E-state index in [4.69, 9.17) is 9.97 Å². The second-order valence-corrected chi connectivity index (χ2v) is 20.7. The standard InChI is InChI=1S/C20H16N2.C20H15N2.C11H11N2.C10H11N3.C5H8O2.2Ir/c2*1-20(2)15-9-5-8-14-13-7-3-4-11-17(13)22(18(14)15)19-16(20)10-6-12-21-19;1-9-8-10(2)13(12-9)11-6-4-3-5-7-11;1-9-8-10(2)13(11-9)12-6-4-3-5-7-12;1-4(6)3-5(2)7;;/h3-12H,1-2H3;3-10,12H,1-2H3;2*3-6,8H,1-2H3;3H2,1-2H3;;/q;2*-1;;;;. The van der Waals surface area contributed by atoms with Gasteiger partial charge in [0.25, 0.3) is 0 Å². The minimum atomic E-state index is -0.0625. The molecule has 402 valence electrons. The number of hydrogen-bond donors (Lipinski definition) is 0. The van der Waals surface area contributed by atoms with Crippen molar-refractivity contribution < 1.29 is 54.5 Å². The van der Waals surface area contributed by atoms with Gasteiger partial charge in [-0.05, 0) is 85.9 Å². The molecule has 0 N–H and O–H groups in total. The number of pyridine rings is 3. The third-order valence-corrected chi connectivity index (χ3v) is 14.3. The Kier molecular flexibility index (Phi) is 17.2. The maximum absolute atomic E-state index is 10.0. The molecule has 0 unspecified atom stereocenters. The van der Waals surface area contributed by atoms with Gasteiger partial charge >= 0.3 is 0 Å². The van der Waals surface area contributed by atoms with Crippen molar-refractivity contribution in [3.63, 3.8) is 0 Å². The molecule has 2 aliphatic heterocycles. The predicted octanol–water partition coefficient (Wildman–Crippen LogP) is 13.2. The third-order valence-electron chi connectivity index (χ3n) is 14.3. The molecule has 12 aromatic rings. The Labute approximate surface area is 488 Å². The Bertz CT molecular complexity index is 3880. The van der Waals surface area contributed by atoms with E-state index in [2.05, 4.69) is 156 Å². The van der Waals surface area contributed by atoms with E-state index in [1.54, 1.807) is 0 Å². The largest absolute Gasteiger partial charge is 0.319 e. The van der Waals surface area contributed by atoms with Gasteiger partial charge in [0.05, 0.1) is 23.1 Å². The van der Waals surface area contributed by atoms with Gasteiger partial charge in [0, 0.05) is 127 Å². The fourth-order valence-corrected chi connectivity index (χ4v) is 10.9. The Balaban J connectivity index is 0.000000136. The number of fused-ring (bicyclic) bond motifs is 10. The number of benzene rings is 5. The molecule has 14 rings (SSSR count). The Morgan fingerprint density at radius 2 is 1.06 bits per heavy atom. The first-order valence-electron chi connectivity index (χ1n) is 25.9. The van der Waals surface area contributed by atoms with Gasteiger partial charge in [-0.15, -0.1) is 23.6 Å². The molecule has 0 spiro atoms. The number of aryl methyl sites for hydroxylation is 4. The zero-order valence-electron chi connectivity index (χ0n) is 46.0. The van der Waals surface area contributed by atoms with Crippen molar-refractivity contribution in [3.8, 4) is 17.3 Å². The maximum atomic E-state index is 10.0. The van der Waals surface area contributed by atoms with E-state index >= 15 is 0 Å². The Hall–Kier alpha value is -7.79. The van der Waals surface area contributed by atoms with Crippen LogP contribution in [-0.4, -0.2) is 50.3 Å². The monoisotopic (exact) mass is 1400 g/mol. The van der Waals surface area contributed by atoms with Crippen molar-refractivity contribution in [1.82, 2.24) is 38.8 Å². The normalized spacial score (nSPS) is 12.6. The van der Waals surface area contributed by atoms with Crippen LogP contribution in [0.4, 0.5) is 0 Å². The molecule has 7 aromatic heterocycles. The maximum Gasteiger partial charge on any atom is 0.177 e. The van der Waals surface area contributed by atoms with Gasteiger partial charge in [-0.1, -0.05) is 99.9 Å². The quantitative estimate of drug-likeness (QED) is 0.0986. The zero-order chi connectivity index (χ0) is 54.2. The average molecular weight is 1400 g/mol. The summed E-state index contributed by atoms with van der Waals surface area (Å²) in [4.78, 5) is 31.3. The summed E-state index contributed by atoms with van der Waals surface area (Å²) in [5, 5.41) is 13.8. The second kappa shape index (κ2) is 23.7. The Morgan fingerprint density at radius 1 is 0.532 bits per heavy atom. The van der Waals surface area contributed by atoms with Gasteiger partial charge in [-0.25, -0.2) is 14.6 Å². The molecule has 0 bridgehead atoms. The molecule has 0 amide bonds. The van der Waals surface area contributed by atoms with Gasteiger partial charge in [-0.2, -0.15) is 59.7 Å². The predicted molar refractivity (Wildman–Crippen MR) is 306 cm³/mol. The minimum Gasteiger partial charge on any atom is -0.319 e. The third kappa shape index (κ3) is 11.0. The summed E-state index contributed by atoms with van der Waals surface area (Å²) >= 11 is 0. The molecule has 11 nitrogen and oxygen atoms in total. The molecular formula is C66H61Ir2N9O2-2. The smallest absolute Gasteiger partial charge is 0.177 e. The summed E-state index contributed by atoms with van der Waals surface area (Å²) < 4.78 is 8.33. The van der Waals surface area contributed by atoms with E-state index in [0.717, 1.165) is 45.6 Å². The van der Waals surface area contributed by atoms with Crippen molar-refractivity contribution in [1.29, 1.82) is 0 Å². The van der Waals surface area contributed by atoms with Gasteiger partial charge < -0.3 is 4.57 Å². The number of carbonyl (C=O) groups excluding carboxylic acids is 2. The number of para-hydroxylation sites is 5. The SMILES string of the molecule is CC(=O)CC(C)=O.CC1(C)c2cccnc2-n2c3[c-]cccc3c3cccc1c32.CC1(C)c2cccnc2-n2c3ccccc3c3cccc1c32.Cc1cc(C)n(-[n+]2[c-]cccc2)n1.Cc1cc(C)n(-c2[c-]cccc2)n1.[Ir].[Ir]. The van der Waals surface area contributed by atoms with E-state index in [-0.39, 0.29) is 69.0 Å². The number of ketones is 2. The molecular weight excluding hydrogens is 1340 g/mol. The first-order valence-corrected chi connectivity index (χ1v) is 25.9. The molecule has 13 heteroatoms.